The first-order valence-electron chi connectivity index (χ1n) is 15.3. The third-order valence-corrected chi connectivity index (χ3v) is 12.4. The van der Waals surface area contributed by atoms with Crippen LogP contribution in [0.1, 0.15) is 82.1 Å². The van der Waals surface area contributed by atoms with Crippen LogP contribution in [-0.2, 0) is 33.3 Å². The maximum atomic E-state index is 14.8. The molecule has 2 saturated heterocycles. The van der Waals surface area contributed by atoms with Crippen LogP contribution in [0, 0.1) is 28.6 Å². The van der Waals surface area contributed by atoms with E-state index in [-0.39, 0.29) is 30.8 Å². The van der Waals surface area contributed by atoms with Crippen molar-refractivity contribution in [2.24, 2.45) is 28.6 Å². The second kappa shape index (κ2) is 9.57. The van der Waals surface area contributed by atoms with Crippen molar-refractivity contribution in [3.05, 3.63) is 11.1 Å². The zero-order valence-electron chi connectivity index (χ0n) is 26.9. The summed E-state index contributed by atoms with van der Waals surface area (Å²) in [6.45, 7) is 18.1. The van der Waals surface area contributed by atoms with Gasteiger partial charge in [0.15, 0.2) is 18.0 Å². The smallest absolute Gasteiger partial charge is 0.337 e. The van der Waals surface area contributed by atoms with Gasteiger partial charge in [-0.05, 0) is 64.1 Å². The maximum absolute atomic E-state index is 14.8. The molecule has 5 rings (SSSR count). The van der Waals surface area contributed by atoms with Crippen molar-refractivity contribution in [2.45, 2.75) is 129 Å². The third kappa shape index (κ3) is 3.97. The van der Waals surface area contributed by atoms with E-state index in [2.05, 4.69) is 0 Å². The molecule has 2 aliphatic heterocycles. The van der Waals surface area contributed by atoms with Gasteiger partial charge in [-0.2, -0.15) is 0 Å². The van der Waals surface area contributed by atoms with Gasteiger partial charge in [0.2, 0.25) is 0 Å². The predicted molar refractivity (Wildman–Crippen MR) is 152 cm³/mol. The van der Waals surface area contributed by atoms with E-state index in [1.54, 1.807) is 6.92 Å². The minimum absolute atomic E-state index is 0.0477. The number of rotatable bonds is 3. The SMILES string of the molecule is CC(=O)OC1C(=O)[C@@]2(C)C([C@H](C)C3(O)CC(OC(=O)C4OC(C)(C)N(C)C4C)C(C)=C1C3(C)C)C1(O)COC1C[C@@H]2C. The molecular weight excluding hydrogens is 542 g/mol. The van der Waals surface area contributed by atoms with Crippen molar-refractivity contribution in [1.82, 2.24) is 4.90 Å². The zero-order chi connectivity index (χ0) is 31.5. The fourth-order valence-corrected chi connectivity index (χ4v) is 9.29. The fourth-order valence-electron chi connectivity index (χ4n) is 9.29. The maximum Gasteiger partial charge on any atom is 0.337 e. The van der Waals surface area contributed by atoms with Gasteiger partial charge >= 0.3 is 11.9 Å². The topological polar surface area (TPSA) is 132 Å². The van der Waals surface area contributed by atoms with E-state index < -0.39 is 75.9 Å². The van der Waals surface area contributed by atoms with Gasteiger partial charge < -0.3 is 29.2 Å². The van der Waals surface area contributed by atoms with Gasteiger partial charge in [0.25, 0.3) is 0 Å². The second-order valence-electron chi connectivity index (χ2n) is 14.9. The fraction of sp³-hybridized carbons (Fsp3) is 0.844. The van der Waals surface area contributed by atoms with Crippen LogP contribution in [0.4, 0.5) is 0 Å². The molecule has 0 aromatic rings. The monoisotopic (exact) mass is 591 g/mol. The molecule has 4 fully saturated rings. The van der Waals surface area contributed by atoms with Gasteiger partial charge in [-0.1, -0.05) is 34.6 Å². The molecule has 0 radical (unpaired) electrons. The number of esters is 2. The van der Waals surface area contributed by atoms with Crippen molar-refractivity contribution in [3.8, 4) is 0 Å². The first kappa shape index (κ1) is 31.6. The summed E-state index contributed by atoms with van der Waals surface area (Å²) in [7, 11) is 1.89. The van der Waals surface area contributed by atoms with E-state index in [0.29, 0.717) is 17.6 Å². The van der Waals surface area contributed by atoms with Crippen LogP contribution in [-0.4, -0.2) is 93.9 Å². The van der Waals surface area contributed by atoms with E-state index >= 15 is 0 Å². The molecule has 0 spiro atoms. The van der Waals surface area contributed by atoms with Crippen LogP contribution in [0.15, 0.2) is 11.1 Å². The third-order valence-electron chi connectivity index (χ3n) is 12.4. The number of aliphatic hydroxyl groups is 2. The van der Waals surface area contributed by atoms with E-state index in [4.69, 9.17) is 18.9 Å². The molecule has 10 nitrogen and oxygen atoms in total. The van der Waals surface area contributed by atoms with Gasteiger partial charge in [-0.15, -0.1) is 0 Å². The highest BCUT2D eigenvalue weighted by atomic mass is 16.6. The highest BCUT2D eigenvalue weighted by molar-refractivity contribution is 5.94. The van der Waals surface area contributed by atoms with E-state index in [9.17, 15) is 24.6 Å². The van der Waals surface area contributed by atoms with Gasteiger partial charge in [0.1, 0.15) is 17.4 Å². The zero-order valence-corrected chi connectivity index (χ0v) is 26.9. The first-order valence-corrected chi connectivity index (χ1v) is 15.3. The average molecular weight is 592 g/mol. The molecule has 42 heavy (non-hydrogen) atoms. The lowest BCUT2D eigenvalue weighted by Gasteiger charge is -2.68. The number of ether oxygens (including phenoxy) is 4. The summed E-state index contributed by atoms with van der Waals surface area (Å²) < 4.78 is 23.9. The number of hydrogen-bond acceptors (Lipinski definition) is 10. The van der Waals surface area contributed by atoms with Crippen LogP contribution in [0.25, 0.3) is 0 Å². The number of hydrogen-bond donors (Lipinski definition) is 2. The molecule has 0 aromatic carbocycles. The Kier molecular flexibility index (Phi) is 7.20. The van der Waals surface area contributed by atoms with Gasteiger partial charge in [-0.3, -0.25) is 14.5 Å². The predicted octanol–water partition coefficient (Wildman–Crippen LogP) is 2.77. The van der Waals surface area contributed by atoms with Crippen LogP contribution < -0.4 is 0 Å². The molecule has 2 saturated carbocycles. The molecule has 3 aliphatic carbocycles. The Labute approximate surface area is 249 Å². The highest BCUT2D eigenvalue weighted by Gasteiger charge is 2.74. The second-order valence-corrected chi connectivity index (χ2v) is 14.9. The molecule has 8 unspecified atom stereocenters. The molecule has 11 atom stereocenters. The summed E-state index contributed by atoms with van der Waals surface area (Å²) in [6, 6.07) is -0.252. The minimum Gasteiger partial charge on any atom is -0.456 e. The molecule has 2 N–H and O–H groups in total. The normalized spacial score (nSPS) is 47.9. The summed E-state index contributed by atoms with van der Waals surface area (Å²) >= 11 is 0. The van der Waals surface area contributed by atoms with Gasteiger partial charge in [0.05, 0.1) is 18.3 Å². The van der Waals surface area contributed by atoms with Crippen LogP contribution in [0.5, 0.6) is 0 Å². The summed E-state index contributed by atoms with van der Waals surface area (Å²) in [4.78, 5) is 43.0. The van der Waals surface area contributed by atoms with Gasteiger partial charge in [-0.25, -0.2) is 4.79 Å². The highest BCUT2D eigenvalue weighted by Crippen LogP contribution is 2.65. The Morgan fingerprint density at radius 2 is 1.67 bits per heavy atom. The van der Waals surface area contributed by atoms with Crippen molar-refractivity contribution in [3.63, 3.8) is 0 Å². The summed E-state index contributed by atoms with van der Waals surface area (Å²) in [5.41, 5.74) is -4.74. The molecule has 0 aromatic heterocycles. The van der Waals surface area contributed by atoms with Crippen LogP contribution in [0.2, 0.25) is 0 Å². The first-order chi connectivity index (χ1) is 19.2. The van der Waals surface area contributed by atoms with Crippen LogP contribution >= 0.6 is 0 Å². The summed E-state index contributed by atoms with van der Waals surface area (Å²) in [6.07, 6.45) is -3.02. The number of Topliss-reactive ketones (excluding diaryl/α,β-unsaturated/α-hetero) is 1. The number of ketones is 1. The Hall–Kier alpha value is -1.85. The van der Waals surface area contributed by atoms with Gasteiger partial charge in [0, 0.05) is 36.1 Å². The van der Waals surface area contributed by atoms with E-state index in [1.165, 1.54) is 6.92 Å². The number of nitrogens with zero attached hydrogens (tertiary/aromatic N) is 1. The Bertz CT molecular complexity index is 1230. The molecular formula is C32H49NO9. The van der Waals surface area contributed by atoms with Crippen LogP contribution in [0.3, 0.4) is 0 Å². The molecule has 2 heterocycles. The lowest BCUT2D eigenvalue weighted by molar-refractivity contribution is -0.329. The van der Waals surface area contributed by atoms with Crippen molar-refractivity contribution in [1.29, 1.82) is 0 Å². The molecule has 236 valence electrons. The number of fused-ring (bicyclic) bond motifs is 5. The molecule has 5 aliphatic rings. The summed E-state index contributed by atoms with van der Waals surface area (Å²) in [5, 5.41) is 25.0. The standard InChI is InChI=1S/C32H49NO9/c1-15-12-21-31(37,14-39-21)25-17(3)32(38)13-20(41-27(36)23-18(4)33(11)29(8,9)42-23)16(2)22(28(32,6)7)24(40-19(5)34)26(35)30(15,25)10/h15,17-18,20-21,23-25,37-38H,12-14H2,1-11H3/t15-,17-,18?,20?,21?,23?,24?,25?,30+,31?,32?/m0/s1. The lowest BCUT2D eigenvalue weighted by Crippen LogP contribution is -2.77. The number of carbonyl (C=O) groups excluding carboxylic acids is 3. The quantitative estimate of drug-likeness (QED) is 0.373. The number of likely N-dealkylation sites (N-methyl/N-ethyl adjacent to an activating group) is 1. The van der Waals surface area contributed by atoms with E-state index in [0.717, 1.165) is 0 Å². The molecule has 0 amide bonds. The molecule has 2 bridgehead atoms. The van der Waals surface area contributed by atoms with Crippen molar-refractivity contribution in [2.75, 3.05) is 13.7 Å². The Morgan fingerprint density at radius 3 is 2.17 bits per heavy atom. The van der Waals surface area contributed by atoms with Crippen molar-refractivity contribution < 1.29 is 43.5 Å². The van der Waals surface area contributed by atoms with Crippen molar-refractivity contribution >= 4 is 17.7 Å². The number of carbonyl (C=O) groups is 3. The largest absolute Gasteiger partial charge is 0.456 e. The Morgan fingerprint density at radius 1 is 1.05 bits per heavy atom. The van der Waals surface area contributed by atoms with E-state index in [1.807, 2.05) is 67.3 Å². The average Bonchev–Trinajstić information content (AvgIpc) is 3.09. The summed E-state index contributed by atoms with van der Waals surface area (Å²) in [5.74, 6) is -3.04. The minimum atomic E-state index is -1.55. The Balaban J connectivity index is 1.66. The molecule has 10 heteroatoms. The lowest BCUT2D eigenvalue weighted by atomic mass is 9.41.